The van der Waals surface area contributed by atoms with Gasteiger partial charge in [0.25, 0.3) is 0 Å². The highest BCUT2D eigenvalue weighted by Crippen LogP contribution is 2.26. The summed E-state index contributed by atoms with van der Waals surface area (Å²) >= 11 is 0. The number of nitrogens with zero attached hydrogens (tertiary/aromatic N) is 1. The van der Waals surface area contributed by atoms with E-state index >= 15 is 0 Å². The van der Waals surface area contributed by atoms with Crippen LogP contribution in [0.2, 0.25) is 0 Å². The maximum absolute atomic E-state index is 8.92. The van der Waals surface area contributed by atoms with Crippen molar-refractivity contribution in [3.8, 4) is 6.07 Å². The van der Waals surface area contributed by atoms with Crippen LogP contribution in [-0.4, -0.2) is 12.1 Å². The number of aryl methyl sites for hydroxylation is 1. The topological polar surface area (TPSA) is 61.8 Å². The highest BCUT2D eigenvalue weighted by Gasteiger charge is 2.33. The third kappa shape index (κ3) is 1.70. The fourth-order valence-electron chi connectivity index (χ4n) is 1.46. The van der Waals surface area contributed by atoms with E-state index in [0.29, 0.717) is 11.6 Å². The second-order valence-corrected chi connectivity index (χ2v) is 3.81. The Bertz CT molecular complexity index is 392. The Morgan fingerprint density at radius 2 is 2.29 bits per heavy atom. The zero-order chi connectivity index (χ0) is 10.1. The molecule has 3 nitrogen and oxygen atoms in total. The molecule has 14 heavy (non-hydrogen) atoms. The van der Waals surface area contributed by atoms with Gasteiger partial charge in [-0.1, -0.05) is 6.07 Å². The third-order valence-electron chi connectivity index (χ3n) is 2.48. The Labute approximate surface area is 83.5 Å². The van der Waals surface area contributed by atoms with E-state index in [-0.39, 0.29) is 6.04 Å². The van der Waals surface area contributed by atoms with Crippen molar-refractivity contribution in [1.29, 1.82) is 5.26 Å². The predicted molar refractivity (Wildman–Crippen MR) is 55.9 cm³/mol. The molecule has 0 aromatic heterocycles. The smallest absolute Gasteiger partial charge is 0.101 e. The monoisotopic (exact) mass is 187 g/mol. The van der Waals surface area contributed by atoms with E-state index in [4.69, 9.17) is 11.0 Å². The van der Waals surface area contributed by atoms with Crippen molar-refractivity contribution in [1.82, 2.24) is 0 Å². The van der Waals surface area contributed by atoms with Crippen LogP contribution in [-0.2, 0) is 0 Å². The van der Waals surface area contributed by atoms with Gasteiger partial charge in [-0.05, 0) is 31.0 Å². The van der Waals surface area contributed by atoms with Gasteiger partial charge < -0.3 is 11.1 Å². The SMILES string of the molecule is Cc1ccc(NC2CC2N)c(C#N)c1. The number of hydrogen-bond donors (Lipinski definition) is 2. The minimum atomic E-state index is 0.253. The average Bonchev–Trinajstić information content (AvgIpc) is 2.85. The van der Waals surface area contributed by atoms with Gasteiger partial charge in [0.15, 0.2) is 0 Å². The molecule has 3 N–H and O–H groups in total. The van der Waals surface area contributed by atoms with E-state index in [2.05, 4.69) is 11.4 Å². The molecule has 3 heteroatoms. The molecule has 0 heterocycles. The van der Waals surface area contributed by atoms with Crippen molar-refractivity contribution in [3.05, 3.63) is 29.3 Å². The molecular formula is C11H13N3. The van der Waals surface area contributed by atoms with E-state index in [0.717, 1.165) is 17.7 Å². The van der Waals surface area contributed by atoms with E-state index in [1.165, 1.54) is 0 Å². The molecule has 1 aromatic rings. The summed E-state index contributed by atoms with van der Waals surface area (Å²) in [5, 5.41) is 12.2. The molecular weight excluding hydrogens is 174 g/mol. The van der Waals surface area contributed by atoms with Gasteiger partial charge in [-0.2, -0.15) is 5.26 Å². The summed E-state index contributed by atoms with van der Waals surface area (Å²) in [6.07, 6.45) is 0.999. The fourth-order valence-corrected chi connectivity index (χ4v) is 1.46. The van der Waals surface area contributed by atoms with Crippen molar-refractivity contribution in [2.75, 3.05) is 5.32 Å². The van der Waals surface area contributed by atoms with Gasteiger partial charge in [-0.15, -0.1) is 0 Å². The van der Waals surface area contributed by atoms with Crippen LogP contribution in [0.5, 0.6) is 0 Å². The van der Waals surface area contributed by atoms with E-state index in [9.17, 15) is 0 Å². The molecule has 0 saturated heterocycles. The lowest BCUT2D eigenvalue weighted by Gasteiger charge is -2.07. The second-order valence-electron chi connectivity index (χ2n) is 3.81. The molecule has 2 atom stereocenters. The quantitative estimate of drug-likeness (QED) is 0.735. The molecule has 1 aromatic carbocycles. The average molecular weight is 187 g/mol. The van der Waals surface area contributed by atoms with Crippen LogP contribution in [0.1, 0.15) is 17.5 Å². The highest BCUT2D eigenvalue weighted by molar-refractivity contribution is 5.59. The summed E-state index contributed by atoms with van der Waals surface area (Å²) < 4.78 is 0. The Hall–Kier alpha value is -1.53. The van der Waals surface area contributed by atoms with Crippen LogP contribution in [0.3, 0.4) is 0 Å². The van der Waals surface area contributed by atoms with Crippen LogP contribution in [0, 0.1) is 18.3 Å². The van der Waals surface area contributed by atoms with Crippen LogP contribution in [0.4, 0.5) is 5.69 Å². The number of nitrogens with two attached hydrogens (primary N) is 1. The molecule has 72 valence electrons. The van der Waals surface area contributed by atoms with Crippen LogP contribution in [0.15, 0.2) is 18.2 Å². The molecule has 2 unspecified atom stereocenters. The van der Waals surface area contributed by atoms with Crippen molar-refractivity contribution in [3.63, 3.8) is 0 Å². The summed E-state index contributed by atoms with van der Waals surface area (Å²) in [5.74, 6) is 0. The molecule has 0 spiro atoms. The maximum Gasteiger partial charge on any atom is 0.101 e. The maximum atomic E-state index is 8.92. The minimum Gasteiger partial charge on any atom is -0.380 e. The Kier molecular flexibility index (Phi) is 2.14. The van der Waals surface area contributed by atoms with Crippen molar-refractivity contribution >= 4 is 5.69 Å². The van der Waals surface area contributed by atoms with Gasteiger partial charge in [0.1, 0.15) is 6.07 Å². The first-order valence-electron chi connectivity index (χ1n) is 4.73. The molecule has 0 aliphatic heterocycles. The second kappa shape index (κ2) is 3.32. The number of nitriles is 1. The van der Waals surface area contributed by atoms with E-state index < -0.39 is 0 Å². The number of benzene rings is 1. The number of nitrogens with one attached hydrogen (secondary N) is 1. The lowest BCUT2D eigenvalue weighted by atomic mass is 10.1. The zero-order valence-corrected chi connectivity index (χ0v) is 8.12. The van der Waals surface area contributed by atoms with Crippen molar-refractivity contribution in [2.45, 2.75) is 25.4 Å². The first kappa shape index (κ1) is 9.04. The molecule has 2 rings (SSSR count). The summed E-state index contributed by atoms with van der Waals surface area (Å²) in [6.45, 7) is 1.98. The molecule has 1 fully saturated rings. The van der Waals surface area contributed by atoms with Crippen LogP contribution >= 0.6 is 0 Å². The lowest BCUT2D eigenvalue weighted by molar-refractivity contribution is 1.01. The van der Waals surface area contributed by atoms with Gasteiger partial charge in [-0.3, -0.25) is 0 Å². The molecule has 0 amide bonds. The summed E-state index contributed by atoms with van der Waals surface area (Å²) in [7, 11) is 0. The number of anilines is 1. The third-order valence-corrected chi connectivity index (χ3v) is 2.48. The Morgan fingerprint density at radius 1 is 1.57 bits per heavy atom. The number of rotatable bonds is 2. The molecule has 1 aliphatic carbocycles. The first-order valence-corrected chi connectivity index (χ1v) is 4.73. The van der Waals surface area contributed by atoms with Crippen LogP contribution < -0.4 is 11.1 Å². The predicted octanol–water partition coefficient (Wildman–Crippen LogP) is 1.38. The van der Waals surface area contributed by atoms with E-state index in [1.807, 2.05) is 25.1 Å². The van der Waals surface area contributed by atoms with Crippen molar-refractivity contribution < 1.29 is 0 Å². The normalized spacial score (nSPS) is 24.1. The zero-order valence-electron chi connectivity index (χ0n) is 8.12. The molecule has 0 bridgehead atoms. The summed E-state index contributed by atoms with van der Waals surface area (Å²) in [5.41, 5.74) is 8.39. The highest BCUT2D eigenvalue weighted by atomic mass is 15.0. The van der Waals surface area contributed by atoms with Crippen molar-refractivity contribution in [2.24, 2.45) is 5.73 Å². The first-order chi connectivity index (χ1) is 6.70. The Balaban J connectivity index is 2.20. The molecule has 1 saturated carbocycles. The van der Waals surface area contributed by atoms with Crippen LogP contribution in [0.25, 0.3) is 0 Å². The summed E-state index contributed by atoms with van der Waals surface area (Å²) in [6, 6.07) is 8.61. The van der Waals surface area contributed by atoms with Gasteiger partial charge in [0.05, 0.1) is 11.3 Å². The molecule has 0 radical (unpaired) electrons. The van der Waals surface area contributed by atoms with Gasteiger partial charge in [0.2, 0.25) is 0 Å². The van der Waals surface area contributed by atoms with E-state index in [1.54, 1.807) is 0 Å². The van der Waals surface area contributed by atoms with Gasteiger partial charge in [0, 0.05) is 12.1 Å². The summed E-state index contributed by atoms with van der Waals surface area (Å²) in [4.78, 5) is 0. The Morgan fingerprint density at radius 3 is 2.86 bits per heavy atom. The fraction of sp³-hybridized carbons (Fsp3) is 0.364. The lowest BCUT2D eigenvalue weighted by Crippen LogP contribution is -2.13. The largest absolute Gasteiger partial charge is 0.380 e. The minimum absolute atomic E-state index is 0.253. The van der Waals surface area contributed by atoms with Gasteiger partial charge >= 0.3 is 0 Å². The number of hydrogen-bond acceptors (Lipinski definition) is 3. The standard InChI is InChI=1S/C11H13N3/c1-7-2-3-10(8(4-7)6-12)14-11-5-9(11)13/h2-4,9,11,14H,5,13H2,1H3. The van der Waals surface area contributed by atoms with Gasteiger partial charge in [-0.25, -0.2) is 0 Å². The molecule has 1 aliphatic rings.